The van der Waals surface area contributed by atoms with Crippen molar-refractivity contribution in [1.29, 1.82) is 0 Å². The van der Waals surface area contributed by atoms with E-state index in [0.717, 1.165) is 23.9 Å². The molecule has 1 N–H and O–H groups in total. The molecule has 5 rings (SSSR count). The SMILES string of the molecule is CN(Cc1c[n+]([O-])cc2cn[nH]c12)C(=O)c1ccc(-c2cccc(F)c2)c(OC2CC2)c1. The summed E-state index contributed by atoms with van der Waals surface area (Å²) in [6.07, 6.45) is 6.47. The van der Waals surface area contributed by atoms with Crippen LogP contribution in [0.25, 0.3) is 22.0 Å². The van der Waals surface area contributed by atoms with E-state index >= 15 is 0 Å². The zero-order valence-electron chi connectivity index (χ0n) is 17.4. The molecule has 0 saturated heterocycles. The van der Waals surface area contributed by atoms with Crippen LogP contribution in [0.15, 0.2) is 61.1 Å². The van der Waals surface area contributed by atoms with Gasteiger partial charge in [0.1, 0.15) is 11.6 Å². The molecule has 2 heterocycles. The molecule has 8 heteroatoms. The van der Waals surface area contributed by atoms with Crippen LogP contribution in [0, 0.1) is 11.0 Å². The van der Waals surface area contributed by atoms with Gasteiger partial charge in [0.05, 0.1) is 35.3 Å². The predicted octanol–water partition coefficient (Wildman–Crippen LogP) is 3.82. The number of H-pyrrole nitrogens is 1. The van der Waals surface area contributed by atoms with Crippen molar-refractivity contribution in [2.45, 2.75) is 25.5 Å². The maximum Gasteiger partial charge on any atom is 0.254 e. The molecule has 1 fully saturated rings. The first-order valence-corrected chi connectivity index (χ1v) is 10.3. The van der Waals surface area contributed by atoms with Gasteiger partial charge in [0, 0.05) is 18.2 Å². The molecule has 2 aromatic heterocycles. The number of carbonyl (C=O) groups excluding carboxylic acids is 1. The fourth-order valence-electron chi connectivity index (χ4n) is 3.72. The van der Waals surface area contributed by atoms with E-state index in [-0.39, 0.29) is 24.4 Å². The van der Waals surface area contributed by atoms with E-state index in [1.807, 2.05) is 6.07 Å². The number of halogens is 1. The molecule has 2 aromatic carbocycles. The number of nitrogens with one attached hydrogen (secondary N) is 1. The van der Waals surface area contributed by atoms with Crippen LogP contribution in [-0.2, 0) is 6.54 Å². The summed E-state index contributed by atoms with van der Waals surface area (Å²) >= 11 is 0. The van der Waals surface area contributed by atoms with E-state index in [4.69, 9.17) is 4.74 Å². The number of nitrogens with zero attached hydrogens (tertiary/aromatic N) is 3. The molecule has 7 nitrogen and oxygen atoms in total. The summed E-state index contributed by atoms with van der Waals surface area (Å²) in [5.41, 5.74) is 3.27. The Morgan fingerprint density at radius 1 is 1.28 bits per heavy atom. The van der Waals surface area contributed by atoms with Gasteiger partial charge in [0.2, 0.25) is 0 Å². The summed E-state index contributed by atoms with van der Waals surface area (Å²) in [7, 11) is 1.68. The van der Waals surface area contributed by atoms with Crippen molar-refractivity contribution in [2.75, 3.05) is 7.05 Å². The number of hydrogen-bond donors (Lipinski definition) is 1. The molecular formula is C24H21FN4O3. The van der Waals surface area contributed by atoms with Gasteiger partial charge < -0.3 is 14.8 Å². The second-order valence-electron chi connectivity index (χ2n) is 8.04. The number of aromatic nitrogens is 3. The van der Waals surface area contributed by atoms with Gasteiger partial charge in [-0.25, -0.2) is 4.39 Å². The molecule has 0 atom stereocenters. The number of ether oxygens (including phenoxy) is 1. The molecule has 0 aliphatic heterocycles. The van der Waals surface area contributed by atoms with Gasteiger partial charge in [0.25, 0.3) is 5.91 Å². The molecule has 1 aliphatic carbocycles. The van der Waals surface area contributed by atoms with Crippen LogP contribution in [-0.4, -0.2) is 34.2 Å². The lowest BCUT2D eigenvalue weighted by molar-refractivity contribution is -0.604. The molecule has 0 bridgehead atoms. The minimum atomic E-state index is -0.330. The molecule has 4 aromatic rings. The smallest absolute Gasteiger partial charge is 0.254 e. The normalized spacial score (nSPS) is 13.3. The third-order valence-corrected chi connectivity index (χ3v) is 5.48. The Kier molecular flexibility index (Phi) is 4.97. The highest BCUT2D eigenvalue weighted by Crippen LogP contribution is 2.36. The third kappa shape index (κ3) is 3.99. The van der Waals surface area contributed by atoms with E-state index in [0.29, 0.717) is 32.6 Å². The highest BCUT2D eigenvalue weighted by Gasteiger charge is 2.26. The van der Waals surface area contributed by atoms with E-state index in [9.17, 15) is 14.4 Å². The average molecular weight is 432 g/mol. The van der Waals surface area contributed by atoms with Crippen molar-refractivity contribution in [3.63, 3.8) is 0 Å². The average Bonchev–Trinajstić information content (AvgIpc) is 3.46. The zero-order chi connectivity index (χ0) is 22.2. The predicted molar refractivity (Wildman–Crippen MR) is 116 cm³/mol. The summed E-state index contributed by atoms with van der Waals surface area (Å²) in [5, 5.41) is 19.4. The Morgan fingerprint density at radius 3 is 2.91 bits per heavy atom. The van der Waals surface area contributed by atoms with Crippen molar-refractivity contribution in [2.24, 2.45) is 0 Å². The first-order chi connectivity index (χ1) is 15.5. The minimum Gasteiger partial charge on any atom is -0.619 e. The highest BCUT2D eigenvalue weighted by atomic mass is 19.1. The summed E-state index contributed by atoms with van der Waals surface area (Å²) in [5.74, 6) is 0.0131. The lowest BCUT2D eigenvalue weighted by Crippen LogP contribution is -2.30. The number of amides is 1. The second-order valence-corrected chi connectivity index (χ2v) is 8.04. The van der Waals surface area contributed by atoms with E-state index in [1.165, 1.54) is 29.4 Å². The molecule has 1 saturated carbocycles. The molecule has 0 unspecified atom stereocenters. The topological polar surface area (TPSA) is 85.2 Å². The largest absolute Gasteiger partial charge is 0.619 e. The molecule has 0 radical (unpaired) electrons. The summed E-state index contributed by atoms with van der Waals surface area (Å²) in [6.45, 7) is 0.227. The lowest BCUT2D eigenvalue weighted by atomic mass is 10.0. The van der Waals surface area contributed by atoms with Gasteiger partial charge in [-0.1, -0.05) is 12.1 Å². The van der Waals surface area contributed by atoms with E-state index < -0.39 is 0 Å². The first kappa shape index (κ1) is 20.0. The van der Waals surface area contributed by atoms with Gasteiger partial charge in [0.15, 0.2) is 12.4 Å². The summed E-state index contributed by atoms with van der Waals surface area (Å²) in [6, 6.07) is 11.5. The number of aromatic amines is 1. The minimum absolute atomic E-state index is 0.121. The summed E-state index contributed by atoms with van der Waals surface area (Å²) < 4.78 is 20.5. The Bertz CT molecular complexity index is 1320. The van der Waals surface area contributed by atoms with Gasteiger partial charge >= 0.3 is 0 Å². The van der Waals surface area contributed by atoms with Crippen molar-refractivity contribution in [3.8, 4) is 16.9 Å². The van der Waals surface area contributed by atoms with E-state index in [2.05, 4.69) is 10.2 Å². The molecular weight excluding hydrogens is 411 g/mol. The molecule has 1 aliphatic rings. The number of rotatable bonds is 6. The van der Waals surface area contributed by atoms with Crippen LogP contribution in [0.2, 0.25) is 0 Å². The van der Waals surface area contributed by atoms with Crippen molar-refractivity contribution >= 4 is 16.8 Å². The first-order valence-electron chi connectivity index (χ1n) is 10.3. The standard InChI is InChI=1S/C24H21FN4O3/c1-28(12-18-14-29(31)13-17-11-26-27-23(17)18)24(30)16-5-8-21(15-3-2-4-19(25)9-15)22(10-16)32-20-6-7-20/h2-5,8-11,13-14,20H,6-7,12H2,1H3,(H,26,27). The van der Waals surface area contributed by atoms with Crippen molar-refractivity contribution < 1.29 is 18.7 Å². The van der Waals surface area contributed by atoms with Gasteiger partial charge in [-0.05, 0) is 48.7 Å². The number of benzene rings is 2. The maximum absolute atomic E-state index is 13.8. The maximum atomic E-state index is 13.8. The van der Waals surface area contributed by atoms with Crippen molar-refractivity contribution in [1.82, 2.24) is 15.1 Å². The van der Waals surface area contributed by atoms with Gasteiger partial charge in [-0.15, -0.1) is 0 Å². The molecule has 32 heavy (non-hydrogen) atoms. The molecule has 1 amide bonds. The Morgan fingerprint density at radius 2 is 2.12 bits per heavy atom. The third-order valence-electron chi connectivity index (χ3n) is 5.48. The highest BCUT2D eigenvalue weighted by molar-refractivity contribution is 5.95. The van der Waals surface area contributed by atoms with Gasteiger partial charge in [-0.2, -0.15) is 9.83 Å². The van der Waals surface area contributed by atoms with Crippen LogP contribution in [0.5, 0.6) is 5.75 Å². The van der Waals surface area contributed by atoms with Crippen LogP contribution in [0.4, 0.5) is 4.39 Å². The number of hydrogen-bond acceptors (Lipinski definition) is 4. The number of fused-ring (bicyclic) bond motifs is 1. The Balaban J connectivity index is 1.44. The fourth-order valence-corrected chi connectivity index (χ4v) is 3.72. The number of pyridine rings is 1. The zero-order valence-corrected chi connectivity index (χ0v) is 17.4. The quantitative estimate of drug-likeness (QED) is 0.371. The van der Waals surface area contributed by atoms with Crippen LogP contribution >= 0.6 is 0 Å². The van der Waals surface area contributed by atoms with Crippen LogP contribution in [0.1, 0.15) is 28.8 Å². The molecule has 162 valence electrons. The molecule has 0 spiro atoms. The Hall–Kier alpha value is -3.94. The lowest BCUT2D eigenvalue weighted by Gasteiger charge is -2.19. The fraction of sp³-hybridized carbons (Fsp3) is 0.208. The van der Waals surface area contributed by atoms with Crippen LogP contribution < -0.4 is 9.47 Å². The van der Waals surface area contributed by atoms with Crippen LogP contribution in [0.3, 0.4) is 0 Å². The van der Waals surface area contributed by atoms with Crippen molar-refractivity contribution in [3.05, 3.63) is 83.2 Å². The number of carbonyl (C=O) groups is 1. The second kappa shape index (κ2) is 7.96. The summed E-state index contributed by atoms with van der Waals surface area (Å²) in [4.78, 5) is 14.7. The monoisotopic (exact) mass is 432 g/mol. The van der Waals surface area contributed by atoms with E-state index in [1.54, 1.807) is 37.5 Å². The Labute approximate surface area is 183 Å². The van der Waals surface area contributed by atoms with Gasteiger partial charge in [-0.3, -0.25) is 9.89 Å².